The summed E-state index contributed by atoms with van der Waals surface area (Å²) in [4.78, 5) is 2.40. The van der Waals surface area contributed by atoms with Gasteiger partial charge in [0.2, 0.25) is 0 Å². The predicted octanol–water partition coefficient (Wildman–Crippen LogP) is 1.54. The van der Waals surface area contributed by atoms with Gasteiger partial charge in [-0.25, -0.2) is 0 Å². The Morgan fingerprint density at radius 1 is 1.30 bits per heavy atom. The molecule has 1 N–H and O–H groups in total. The van der Waals surface area contributed by atoms with Crippen molar-refractivity contribution in [1.29, 1.82) is 0 Å². The van der Waals surface area contributed by atoms with Crippen molar-refractivity contribution in [3.8, 4) is 5.75 Å². The van der Waals surface area contributed by atoms with E-state index < -0.39 is 0 Å². The Hall–Kier alpha value is -1.30. The minimum absolute atomic E-state index is 0.0748. The molecular formula is C18H28N2O3. The van der Waals surface area contributed by atoms with Crippen LogP contribution in [-0.4, -0.2) is 59.7 Å². The molecule has 2 aliphatic rings. The van der Waals surface area contributed by atoms with Gasteiger partial charge in [-0.3, -0.25) is 0 Å². The van der Waals surface area contributed by atoms with Crippen LogP contribution < -0.4 is 15.0 Å². The first kappa shape index (κ1) is 16.6. The van der Waals surface area contributed by atoms with E-state index >= 15 is 0 Å². The van der Waals surface area contributed by atoms with E-state index in [0.29, 0.717) is 6.61 Å². The van der Waals surface area contributed by atoms with Gasteiger partial charge in [-0.2, -0.15) is 0 Å². The molecule has 0 radical (unpaired) electrons. The predicted molar refractivity (Wildman–Crippen MR) is 91.8 cm³/mol. The number of nitrogens with one attached hydrogen (secondary N) is 1. The van der Waals surface area contributed by atoms with Gasteiger partial charge in [0.05, 0.1) is 24.9 Å². The topological polar surface area (TPSA) is 43.0 Å². The summed E-state index contributed by atoms with van der Waals surface area (Å²) in [7, 11) is 3.47. The van der Waals surface area contributed by atoms with E-state index in [4.69, 9.17) is 14.2 Å². The van der Waals surface area contributed by atoms with E-state index in [0.717, 1.165) is 51.4 Å². The molecule has 0 bridgehead atoms. The number of rotatable bonds is 5. The molecular weight excluding hydrogens is 292 g/mol. The van der Waals surface area contributed by atoms with Gasteiger partial charge in [-0.15, -0.1) is 0 Å². The van der Waals surface area contributed by atoms with Crippen molar-refractivity contribution in [3.63, 3.8) is 0 Å². The average Bonchev–Trinajstić information content (AvgIpc) is 2.80. The number of methoxy groups -OCH3 is 2. The summed E-state index contributed by atoms with van der Waals surface area (Å²) >= 11 is 0. The summed E-state index contributed by atoms with van der Waals surface area (Å²) in [5, 5.41) is 3.49. The SMILES string of the molecule is COC[C@@H](CN1CCOc2cc3c(c(C)c21)CCNCC3)OC. The van der Waals surface area contributed by atoms with Crippen molar-refractivity contribution in [2.75, 3.05) is 58.5 Å². The highest BCUT2D eigenvalue weighted by Crippen LogP contribution is 2.39. The summed E-state index contributed by atoms with van der Waals surface area (Å²) in [5.41, 5.74) is 5.54. The first-order valence-electron chi connectivity index (χ1n) is 8.50. The lowest BCUT2D eigenvalue weighted by Gasteiger charge is -2.36. The maximum Gasteiger partial charge on any atom is 0.143 e. The van der Waals surface area contributed by atoms with Crippen molar-refractivity contribution in [2.24, 2.45) is 0 Å². The maximum absolute atomic E-state index is 5.98. The number of anilines is 1. The van der Waals surface area contributed by atoms with Gasteiger partial charge in [0.1, 0.15) is 12.4 Å². The second-order valence-electron chi connectivity index (χ2n) is 6.34. The van der Waals surface area contributed by atoms with Crippen molar-refractivity contribution in [1.82, 2.24) is 5.32 Å². The molecule has 23 heavy (non-hydrogen) atoms. The lowest BCUT2D eigenvalue weighted by Crippen LogP contribution is -2.41. The fourth-order valence-electron chi connectivity index (χ4n) is 3.71. The number of nitrogens with zero attached hydrogens (tertiary/aromatic N) is 1. The highest BCUT2D eigenvalue weighted by Gasteiger charge is 2.26. The monoisotopic (exact) mass is 320 g/mol. The van der Waals surface area contributed by atoms with E-state index in [1.807, 2.05) is 0 Å². The van der Waals surface area contributed by atoms with E-state index in [1.54, 1.807) is 14.2 Å². The van der Waals surface area contributed by atoms with Gasteiger partial charge >= 0.3 is 0 Å². The van der Waals surface area contributed by atoms with Crippen LogP contribution in [0.15, 0.2) is 6.07 Å². The zero-order valence-electron chi connectivity index (χ0n) is 14.5. The molecule has 2 heterocycles. The number of fused-ring (bicyclic) bond motifs is 2. The van der Waals surface area contributed by atoms with Crippen LogP contribution in [0.2, 0.25) is 0 Å². The quantitative estimate of drug-likeness (QED) is 0.891. The molecule has 0 spiro atoms. The van der Waals surface area contributed by atoms with Crippen LogP contribution in [0.25, 0.3) is 0 Å². The Kier molecular flexibility index (Phi) is 5.41. The second-order valence-corrected chi connectivity index (χ2v) is 6.34. The van der Waals surface area contributed by atoms with E-state index in [1.165, 1.54) is 22.4 Å². The fourth-order valence-corrected chi connectivity index (χ4v) is 3.71. The van der Waals surface area contributed by atoms with Crippen LogP contribution >= 0.6 is 0 Å². The van der Waals surface area contributed by atoms with Gasteiger partial charge in [0, 0.05) is 20.8 Å². The van der Waals surface area contributed by atoms with Gasteiger partial charge < -0.3 is 24.4 Å². The third-order valence-corrected chi connectivity index (χ3v) is 4.90. The minimum atomic E-state index is 0.0748. The number of hydrogen-bond donors (Lipinski definition) is 1. The third-order valence-electron chi connectivity index (χ3n) is 4.90. The molecule has 0 saturated carbocycles. The highest BCUT2D eigenvalue weighted by molar-refractivity contribution is 5.69. The van der Waals surface area contributed by atoms with Gasteiger partial charge in [-0.05, 0) is 55.6 Å². The highest BCUT2D eigenvalue weighted by atomic mass is 16.5. The molecule has 0 unspecified atom stereocenters. The van der Waals surface area contributed by atoms with E-state index in [9.17, 15) is 0 Å². The summed E-state index contributed by atoms with van der Waals surface area (Å²) in [6.07, 6.45) is 2.25. The molecule has 5 nitrogen and oxygen atoms in total. The van der Waals surface area contributed by atoms with Gasteiger partial charge in [-0.1, -0.05) is 0 Å². The largest absolute Gasteiger partial charge is 0.490 e. The van der Waals surface area contributed by atoms with Gasteiger partial charge in [0.15, 0.2) is 0 Å². The molecule has 128 valence electrons. The average molecular weight is 320 g/mol. The molecule has 1 aromatic carbocycles. The Bertz CT molecular complexity index is 548. The second kappa shape index (κ2) is 7.51. The Morgan fingerprint density at radius 3 is 2.91 bits per heavy atom. The van der Waals surface area contributed by atoms with Gasteiger partial charge in [0.25, 0.3) is 0 Å². The third kappa shape index (κ3) is 3.47. The Morgan fingerprint density at radius 2 is 2.13 bits per heavy atom. The van der Waals surface area contributed by atoms with Crippen LogP contribution in [-0.2, 0) is 22.3 Å². The smallest absolute Gasteiger partial charge is 0.143 e. The first-order valence-corrected chi connectivity index (χ1v) is 8.50. The zero-order chi connectivity index (χ0) is 16.2. The molecule has 0 aromatic heterocycles. The summed E-state index contributed by atoms with van der Waals surface area (Å²) in [6.45, 7) is 7.41. The Labute approximate surface area is 138 Å². The molecule has 1 aromatic rings. The molecule has 3 rings (SSSR count). The fraction of sp³-hybridized carbons (Fsp3) is 0.667. The molecule has 0 aliphatic carbocycles. The lowest BCUT2D eigenvalue weighted by atomic mass is 9.94. The van der Waals surface area contributed by atoms with Crippen molar-refractivity contribution in [2.45, 2.75) is 25.9 Å². The van der Waals surface area contributed by atoms with Crippen molar-refractivity contribution < 1.29 is 14.2 Å². The summed E-state index contributed by atoms with van der Waals surface area (Å²) < 4.78 is 16.8. The molecule has 0 fully saturated rings. The maximum atomic E-state index is 5.98. The van der Waals surface area contributed by atoms with E-state index in [-0.39, 0.29) is 6.10 Å². The Balaban J connectivity index is 1.92. The van der Waals surface area contributed by atoms with Crippen LogP contribution in [0.5, 0.6) is 5.75 Å². The van der Waals surface area contributed by atoms with Crippen LogP contribution in [0.3, 0.4) is 0 Å². The van der Waals surface area contributed by atoms with Crippen LogP contribution in [0.1, 0.15) is 16.7 Å². The number of ether oxygens (including phenoxy) is 3. The molecule has 5 heteroatoms. The van der Waals surface area contributed by atoms with Crippen LogP contribution in [0, 0.1) is 6.92 Å². The molecule has 2 aliphatic heterocycles. The molecule has 1 atom stereocenters. The summed E-state index contributed by atoms with van der Waals surface area (Å²) in [6, 6.07) is 2.26. The molecule has 0 saturated heterocycles. The minimum Gasteiger partial charge on any atom is -0.490 e. The van der Waals surface area contributed by atoms with E-state index in [2.05, 4.69) is 23.2 Å². The van der Waals surface area contributed by atoms with Crippen LogP contribution in [0.4, 0.5) is 5.69 Å². The number of hydrogen-bond acceptors (Lipinski definition) is 5. The van der Waals surface area contributed by atoms with Crippen molar-refractivity contribution >= 4 is 5.69 Å². The molecule has 0 amide bonds. The standard InChI is InChI=1S/C18H28N2O3/c1-13-16-5-7-19-6-4-14(16)10-17-18(13)20(8-9-23-17)11-15(22-3)12-21-2/h10,15,19H,4-9,11-12H2,1-3H3/t15-/m1/s1. The lowest BCUT2D eigenvalue weighted by molar-refractivity contribution is 0.0321. The normalized spacial score (nSPS) is 18.7. The summed E-state index contributed by atoms with van der Waals surface area (Å²) in [5.74, 6) is 1.03. The zero-order valence-corrected chi connectivity index (χ0v) is 14.5. The first-order chi connectivity index (χ1) is 11.2. The number of benzene rings is 1. The van der Waals surface area contributed by atoms with Crippen molar-refractivity contribution in [3.05, 3.63) is 22.8 Å².